The Morgan fingerprint density at radius 3 is 2.34 bits per heavy atom. The zero-order valence-electron chi connectivity index (χ0n) is 18.9. The number of phenols is 1. The van der Waals surface area contributed by atoms with Gasteiger partial charge in [0.25, 0.3) is 0 Å². The van der Waals surface area contributed by atoms with E-state index in [9.17, 15) is 18.3 Å². The van der Waals surface area contributed by atoms with Gasteiger partial charge in [-0.05, 0) is 47.2 Å². The monoisotopic (exact) mass is 512 g/mol. The van der Waals surface area contributed by atoms with Crippen LogP contribution in [0.3, 0.4) is 0 Å². The van der Waals surface area contributed by atoms with Crippen LogP contribution in [-0.4, -0.2) is 49.5 Å². The summed E-state index contributed by atoms with van der Waals surface area (Å²) in [6.07, 6.45) is 0.254. The molecule has 1 heterocycles. The van der Waals surface area contributed by atoms with Gasteiger partial charge in [0.05, 0.1) is 16.0 Å². The topological polar surface area (TPSA) is 110 Å². The Hall–Kier alpha value is -3.23. The van der Waals surface area contributed by atoms with Crippen LogP contribution in [0.1, 0.15) is 29.9 Å². The predicted octanol–water partition coefficient (Wildman–Crippen LogP) is 4.82. The molecule has 9 heteroatoms. The molecule has 0 unspecified atom stereocenters. The van der Waals surface area contributed by atoms with E-state index in [-0.39, 0.29) is 29.8 Å². The number of sulfone groups is 1. The number of ether oxygens (including phenoxy) is 1. The van der Waals surface area contributed by atoms with E-state index in [1.165, 1.54) is 17.0 Å². The number of amides is 1. The number of aromatic hydroxyl groups is 1. The number of anilines is 1. The van der Waals surface area contributed by atoms with Crippen molar-refractivity contribution in [1.29, 1.82) is 0 Å². The van der Waals surface area contributed by atoms with Gasteiger partial charge in [-0.15, -0.1) is 0 Å². The molecule has 0 aromatic heterocycles. The Bertz CT molecular complexity index is 1360. The van der Waals surface area contributed by atoms with Gasteiger partial charge >= 0.3 is 6.09 Å². The highest BCUT2D eigenvalue weighted by Crippen LogP contribution is 2.44. The van der Waals surface area contributed by atoms with Crippen molar-refractivity contribution >= 4 is 33.2 Å². The number of rotatable bonds is 4. The molecule has 3 aromatic rings. The molecule has 35 heavy (non-hydrogen) atoms. The van der Waals surface area contributed by atoms with E-state index in [0.717, 1.165) is 22.3 Å². The molecule has 3 N–H and O–H groups in total. The maximum Gasteiger partial charge on any atom is 0.409 e. The molecule has 0 bridgehead atoms. The number of carbonyl (C=O) groups excluding carboxylic acids is 1. The first-order valence-corrected chi connectivity index (χ1v) is 13.3. The zero-order chi connectivity index (χ0) is 24.7. The van der Waals surface area contributed by atoms with Crippen molar-refractivity contribution in [2.45, 2.75) is 28.9 Å². The Balaban J connectivity index is 1.32. The summed E-state index contributed by atoms with van der Waals surface area (Å²) in [6.45, 7) is 0.492. The van der Waals surface area contributed by atoms with Crippen LogP contribution in [-0.2, 0) is 14.6 Å². The largest absolute Gasteiger partial charge is 0.504 e. The van der Waals surface area contributed by atoms with E-state index in [1.54, 1.807) is 0 Å². The lowest BCUT2D eigenvalue weighted by Gasteiger charge is -2.32. The van der Waals surface area contributed by atoms with Crippen molar-refractivity contribution in [3.63, 3.8) is 0 Å². The fourth-order valence-electron chi connectivity index (χ4n) is 5.04. The molecule has 1 amide bonds. The highest BCUT2D eigenvalue weighted by atomic mass is 35.5. The molecule has 1 saturated heterocycles. The molecule has 1 atom stereocenters. The lowest BCUT2D eigenvalue weighted by molar-refractivity contribution is 0.0934. The number of piperidine rings is 1. The molecular weight excluding hydrogens is 488 g/mol. The van der Waals surface area contributed by atoms with E-state index >= 15 is 0 Å². The molecule has 7 nitrogen and oxygen atoms in total. The normalized spacial score (nSPS) is 17.6. The number of hydrogen-bond donors (Lipinski definition) is 2. The van der Waals surface area contributed by atoms with Gasteiger partial charge in [0, 0.05) is 19.0 Å². The van der Waals surface area contributed by atoms with Crippen molar-refractivity contribution < 1.29 is 23.1 Å². The highest BCUT2D eigenvalue weighted by molar-refractivity contribution is 7.92. The summed E-state index contributed by atoms with van der Waals surface area (Å²) in [5.41, 5.74) is 10.1. The van der Waals surface area contributed by atoms with Gasteiger partial charge in [-0.2, -0.15) is 0 Å². The molecular formula is C26H25ClN2O5S. The second kappa shape index (κ2) is 9.09. The number of phenolic OH excluding ortho intramolecular Hbond substituents is 1. The number of nitrogens with zero attached hydrogens (tertiary/aromatic N) is 1. The lowest BCUT2D eigenvalue weighted by atomic mass is 9.98. The molecule has 182 valence electrons. The number of hydrogen-bond acceptors (Lipinski definition) is 6. The fourth-order valence-corrected chi connectivity index (χ4v) is 7.43. The summed E-state index contributed by atoms with van der Waals surface area (Å²) in [5.74, 6) is -0.644. The Kier molecular flexibility index (Phi) is 6.11. The number of fused-ring (bicyclic) bond motifs is 3. The zero-order valence-corrected chi connectivity index (χ0v) is 20.4. The number of halogens is 1. The summed E-state index contributed by atoms with van der Waals surface area (Å²) in [6, 6.07) is 18.8. The molecule has 0 radical (unpaired) electrons. The van der Waals surface area contributed by atoms with Gasteiger partial charge in [0.2, 0.25) is 0 Å². The van der Waals surface area contributed by atoms with Crippen LogP contribution < -0.4 is 5.73 Å². The first-order valence-electron chi connectivity index (χ1n) is 11.4. The summed E-state index contributed by atoms with van der Waals surface area (Å²) >= 11 is 6.11. The Labute approximate surface area is 209 Å². The molecule has 1 aliphatic carbocycles. The van der Waals surface area contributed by atoms with Crippen LogP contribution in [0.2, 0.25) is 5.02 Å². The maximum absolute atomic E-state index is 13.3. The van der Waals surface area contributed by atoms with Gasteiger partial charge in [-0.25, -0.2) is 13.2 Å². The third kappa shape index (κ3) is 4.10. The van der Waals surface area contributed by atoms with Gasteiger partial charge in [-0.1, -0.05) is 60.1 Å². The highest BCUT2D eigenvalue weighted by Gasteiger charge is 2.38. The van der Waals surface area contributed by atoms with Gasteiger partial charge in [0.15, 0.2) is 15.6 Å². The summed E-state index contributed by atoms with van der Waals surface area (Å²) < 4.78 is 32.3. The minimum atomic E-state index is -4.03. The average molecular weight is 513 g/mol. The Morgan fingerprint density at radius 2 is 1.69 bits per heavy atom. The van der Waals surface area contributed by atoms with E-state index < -0.39 is 31.8 Å². The number of nitrogens with two attached hydrogens (primary N) is 1. The van der Waals surface area contributed by atoms with Gasteiger partial charge < -0.3 is 20.5 Å². The van der Waals surface area contributed by atoms with Crippen molar-refractivity contribution in [3.8, 4) is 16.9 Å². The molecule has 1 fully saturated rings. The number of benzene rings is 3. The van der Waals surface area contributed by atoms with E-state index in [0.29, 0.717) is 19.4 Å². The van der Waals surface area contributed by atoms with Crippen molar-refractivity contribution in [2.24, 2.45) is 0 Å². The van der Waals surface area contributed by atoms with Gasteiger partial charge in [0.1, 0.15) is 11.5 Å². The third-order valence-electron chi connectivity index (χ3n) is 6.81. The van der Waals surface area contributed by atoms with Crippen LogP contribution in [0.5, 0.6) is 5.75 Å². The van der Waals surface area contributed by atoms with E-state index in [1.807, 2.05) is 36.4 Å². The summed E-state index contributed by atoms with van der Waals surface area (Å²) in [4.78, 5) is 14.0. The SMILES string of the molecule is Nc1ccc(Cl)c(S(=O)(=O)[C@H]2CCCN(C(=O)OCC3c4ccccc4-c4ccccc43)C2)c1O. The molecule has 0 saturated carbocycles. The molecule has 1 aliphatic heterocycles. The van der Waals surface area contributed by atoms with Crippen LogP contribution in [0, 0.1) is 0 Å². The van der Waals surface area contributed by atoms with Crippen LogP contribution in [0.15, 0.2) is 65.6 Å². The van der Waals surface area contributed by atoms with Gasteiger partial charge in [-0.3, -0.25) is 0 Å². The number of likely N-dealkylation sites (tertiary alicyclic amines) is 1. The maximum atomic E-state index is 13.3. The molecule has 0 spiro atoms. The second-order valence-corrected chi connectivity index (χ2v) is 11.4. The molecule has 5 rings (SSSR count). The second-order valence-electron chi connectivity index (χ2n) is 8.87. The summed E-state index contributed by atoms with van der Waals surface area (Å²) in [7, 11) is -4.03. The molecule has 3 aromatic carbocycles. The first-order chi connectivity index (χ1) is 16.8. The van der Waals surface area contributed by atoms with Crippen LogP contribution >= 0.6 is 11.6 Å². The predicted molar refractivity (Wildman–Crippen MR) is 134 cm³/mol. The van der Waals surface area contributed by atoms with Crippen LogP contribution in [0.4, 0.5) is 10.5 Å². The number of nitrogen functional groups attached to an aromatic ring is 1. The first kappa shape index (κ1) is 23.5. The number of carbonyl (C=O) groups is 1. The van der Waals surface area contributed by atoms with Crippen LogP contribution in [0.25, 0.3) is 11.1 Å². The van der Waals surface area contributed by atoms with Crippen molar-refractivity contribution in [3.05, 3.63) is 76.8 Å². The minimum absolute atomic E-state index is 0.0520. The van der Waals surface area contributed by atoms with Crippen molar-refractivity contribution in [2.75, 3.05) is 25.4 Å². The summed E-state index contributed by atoms with van der Waals surface area (Å²) in [5, 5.41) is 9.26. The quantitative estimate of drug-likeness (QED) is 0.383. The fraction of sp³-hybridized carbons (Fsp3) is 0.269. The van der Waals surface area contributed by atoms with Crippen molar-refractivity contribution in [1.82, 2.24) is 4.90 Å². The minimum Gasteiger partial charge on any atom is -0.504 e. The van der Waals surface area contributed by atoms with E-state index in [2.05, 4.69) is 12.1 Å². The van der Waals surface area contributed by atoms with E-state index in [4.69, 9.17) is 22.1 Å². The third-order valence-corrected chi connectivity index (χ3v) is 9.48. The molecule has 2 aliphatic rings. The smallest absolute Gasteiger partial charge is 0.409 e. The standard InChI is InChI=1S/C26H25ClN2O5S/c27-22-11-12-23(28)24(30)25(22)35(32,33)16-6-5-13-29(14-16)26(31)34-15-21-19-9-3-1-7-17(19)18-8-2-4-10-20(18)21/h1-4,7-12,16,21,30H,5-6,13-15,28H2/t16-/m0/s1. The average Bonchev–Trinajstić information content (AvgIpc) is 3.19. The lowest BCUT2D eigenvalue weighted by Crippen LogP contribution is -2.45. The Morgan fingerprint density at radius 1 is 1.06 bits per heavy atom.